The van der Waals surface area contributed by atoms with Crippen LogP contribution in [0, 0.1) is 0 Å². The van der Waals surface area contributed by atoms with Crippen LogP contribution in [0.2, 0.25) is 0 Å². The fourth-order valence-electron chi connectivity index (χ4n) is 2.30. The first-order valence-electron chi connectivity index (χ1n) is 6.82. The molecule has 0 saturated carbocycles. The van der Waals surface area contributed by atoms with Crippen molar-refractivity contribution < 1.29 is 13.0 Å². The maximum atomic E-state index is 11.7. The van der Waals surface area contributed by atoms with E-state index in [0.717, 1.165) is 4.47 Å². The molecule has 3 aromatic carbocycles. The minimum atomic E-state index is -4.42. The summed E-state index contributed by atoms with van der Waals surface area (Å²) in [5, 5.41) is 8.93. The van der Waals surface area contributed by atoms with Gasteiger partial charge < -0.3 is 5.73 Å². The molecule has 9 heteroatoms. The Balaban J connectivity index is 0.00000225. The number of nitrogens with two attached hydrogens (primary N) is 1. The monoisotopic (exact) mass is 429 g/mol. The molecule has 0 radical (unpaired) electrons. The molecule has 0 fully saturated rings. The Morgan fingerprint density at radius 3 is 2.28 bits per heavy atom. The molecule has 0 saturated heterocycles. The molecule has 3 rings (SSSR count). The molecular weight excluding hydrogens is 417 g/mol. The van der Waals surface area contributed by atoms with Gasteiger partial charge in [-0.05, 0) is 24.3 Å². The summed E-state index contributed by atoms with van der Waals surface area (Å²) in [6, 6.07) is 15.0. The molecule has 0 bridgehead atoms. The van der Waals surface area contributed by atoms with E-state index in [1.807, 2.05) is 6.07 Å². The van der Waals surface area contributed by atoms with E-state index in [2.05, 4.69) is 26.2 Å². The van der Waals surface area contributed by atoms with Crippen LogP contribution in [0.25, 0.3) is 10.8 Å². The fraction of sp³-hybridized carbons (Fsp3) is 0. The van der Waals surface area contributed by atoms with E-state index in [4.69, 9.17) is 5.73 Å². The second kappa shape index (κ2) is 7.94. The molecule has 0 aliphatic carbocycles. The van der Waals surface area contributed by atoms with Gasteiger partial charge in [0.05, 0.1) is 11.4 Å². The zero-order valence-corrected chi connectivity index (χ0v) is 14.6. The number of fused-ring (bicyclic) bond motifs is 1. The summed E-state index contributed by atoms with van der Waals surface area (Å²) in [4.78, 5) is -0.254. The Hall–Kier alpha value is -1.29. The summed E-state index contributed by atoms with van der Waals surface area (Å²) < 4.78 is 33.6. The number of nitrogens with zero attached hydrogens (tertiary/aromatic N) is 2. The first-order valence-corrected chi connectivity index (χ1v) is 9.05. The Morgan fingerprint density at radius 1 is 0.960 bits per heavy atom. The third-order valence-corrected chi connectivity index (χ3v) is 4.77. The molecule has 0 heterocycles. The van der Waals surface area contributed by atoms with E-state index in [1.165, 1.54) is 6.07 Å². The second-order valence-corrected chi connectivity index (χ2v) is 7.31. The number of hydrogen-bond acceptors (Lipinski definition) is 5. The summed E-state index contributed by atoms with van der Waals surface area (Å²) in [5.74, 6) is 0. The van der Waals surface area contributed by atoms with Gasteiger partial charge in [0.2, 0.25) is 0 Å². The first kappa shape index (κ1) is 20.0. The molecule has 0 aromatic heterocycles. The number of halogens is 1. The Labute approximate surface area is 175 Å². The molecule has 6 nitrogen and oxygen atoms in total. The number of anilines is 1. The van der Waals surface area contributed by atoms with Gasteiger partial charge in [-0.2, -0.15) is 13.5 Å². The van der Waals surface area contributed by atoms with Gasteiger partial charge in [0.15, 0.2) is 0 Å². The van der Waals surface area contributed by atoms with Gasteiger partial charge in [-0.3, -0.25) is 4.55 Å². The van der Waals surface area contributed by atoms with Crippen molar-refractivity contribution in [3.63, 3.8) is 0 Å². The molecule has 0 aliphatic heterocycles. The van der Waals surface area contributed by atoms with E-state index in [-0.39, 0.29) is 45.8 Å². The van der Waals surface area contributed by atoms with Crippen molar-refractivity contribution in [1.29, 1.82) is 0 Å². The first-order chi connectivity index (χ1) is 11.4. The zero-order chi connectivity index (χ0) is 17.3. The SMILES string of the molecule is Nc1c(/N=N/c2cccc(Br)c2)cc(S(=O)(=O)O)c2ccccc12.[NaH]. The van der Waals surface area contributed by atoms with Crippen LogP contribution in [0.1, 0.15) is 0 Å². The van der Waals surface area contributed by atoms with Crippen LogP contribution in [0.3, 0.4) is 0 Å². The van der Waals surface area contributed by atoms with E-state index in [1.54, 1.807) is 42.5 Å². The van der Waals surface area contributed by atoms with E-state index in [9.17, 15) is 13.0 Å². The number of azo groups is 1. The summed E-state index contributed by atoms with van der Waals surface area (Å²) in [6.07, 6.45) is 0. The average molecular weight is 430 g/mol. The molecule has 3 aromatic rings. The van der Waals surface area contributed by atoms with Crippen molar-refractivity contribution in [3.05, 3.63) is 59.1 Å². The number of benzene rings is 3. The Morgan fingerprint density at radius 2 is 1.64 bits per heavy atom. The average Bonchev–Trinajstić information content (AvgIpc) is 2.53. The Kier molecular flexibility index (Phi) is 6.36. The number of hydrogen-bond donors (Lipinski definition) is 2. The molecular formula is C16H13BrN3NaO3S. The maximum absolute atomic E-state index is 11.7. The predicted octanol–water partition coefficient (Wildman–Crippen LogP) is 4.20. The molecule has 3 N–H and O–H groups in total. The molecule has 124 valence electrons. The zero-order valence-electron chi connectivity index (χ0n) is 12.2. The fourth-order valence-corrected chi connectivity index (χ4v) is 3.40. The van der Waals surface area contributed by atoms with Crippen molar-refractivity contribution in [2.24, 2.45) is 10.2 Å². The van der Waals surface area contributed by atoms with Crippen molar-refractivity contribution in [2.45, 2.75) is 4.90 Å². The van der Waals surface area contributed by atoms with E-state index in [0.29, 0.717) is 16.5 Å². The van der Waals surface area contributed by atoms with Gasteiger partial charge in [0.1, 0.15) is 10.6 Å². The van der Waals surface area contributed by atoms with Crippen LogP contribution in [0.5, 0.6) is 0 Å². The van der Waals surface area contributed by atoms with Gasteiger partial charge >= 0.3 is 29.6 Å². The molecule has 0 aliphatic rings. The van der Waals surface area contributed by atoms with Crippen LogP contribution >= 0.6 is 15.9 Å². The van der Waals surface area contributed by atoms with Crippen LogP contribution < -0.4 is 5.73 Å². The summed E-state index contributed by atoms with van der Waals surface area (Å²) in [7, 11) is -4.42. The molecule has 0 unspecified atom stereocenters. The van der Waals surface area contributed by atoms with E-state index < -0.39 is 10.1 Å². The van der Waals surface area contributed by atoms with Crippen molar-refractivity contribution in [3.8, 4) is 0 Å². The number of nitrogen functional groups attached to an aromatic ring is 1. The van der Waals surface area contributed by atoms with Crippen LogP contribution in [0.15, 0.2) is 74.2 Å². The normalized spacial score (nSPS) is 11.6. The van der Waals surface area contributed by atoms with Gasteiger partial charge in [0.25, 0.3) is 10.1 Å². The number of rotatable bonds is 3. The molecule has 0 amide bonds. The second-order valence-electron chi connectivity index (χ2n) is 5.01. The van der Waals surface area contributed by atoms with Gasteiger partial charge in [-0.1, -0.05) is 46.3 Å². The minimum absolute atomic E-state index is 0. The van der Waals surface area contributed by atoms with Crippen LogP contribution in [-0.4, -0.2) is 42.5 Å². The van der Waals surface area contributed by atoms with Crippen molar-refractivity contribution >= 4 is 83.4 Å². The predicted molar refractivity (Wildman–Crippen MR) is 104 cm³/mol. The van der Waals surface area contributed by atoms with Crippen molar-refractivity contribution in [1.82, 2.24) is 0 Å². The topological polar surface area (TPSA) is 105 Å². The summed E-state index contributed by atoms with van der Waals surface area (Å²) in [6.45, 7) is 0. The Bertz CT molecular complexity index is 1070. The summed E-state index contributed by atoms with van der Waals surface area (Å²) >= 11 is 3.33. The standard InChI is InChI=1S/C16H12BrN3O3S.Na.H/c17-10-4-3-5-11(8-10)19-20-14-9-15(24(21,22)23)12-6-1-2-7-13(12)16(14)18;;/h1-9H,18H2,(H,21,22,23);;/b20-19+;;. The van der Waals surface area contributed by atoms with E-state index >= 15 is 0 Å². The summed E-state index contributed by atoms with van der Waals surface area (Å²) in [5.41, 5.74) is 7.12. The quantitative estimate of drug-likeness (QED) is 0.281. The van der Waals surface area contributed by atoms with Gasteiger partial charge in [-0.25, -0.2) is 0 Å². The third kappa shape index (κ3) is 4.46. The van der Waals surface area contributed by atoms with Gasteiger partial charge in [-0.15, -0.1) is 5.11 Å². The van der Waals surface area contributed by atoms with Gasteiger partial charge in [0, 0.05) is 15.2 Å². The molecule has 0 atom stereocenters. The van der Waals surface area contributed by atoms with Crippen LogP contribution in [0.4, 0.5) is 17.1 Å². The molecule has 25 heavy (non-hydrogen) atoms. The molecule has 0 spiro atoms. The van der Waals surface area contributed by atoms with Crippen molar-refractivity contribution in [2.75, 3.05) is 5.73 Å². The third-order valence-electron chi connectivity index (χ3n) is 3.39. The van der Waals surface area contributed by atoms with Crippen LogP contribution in [-0.2, 0) is 10.1 Å².